The number of imidazole rings is 1. The summed E-state index contributed by atoms with van der Waals surface area (Å²) in [5.41, 5.74) is 5.68. The number of hydrogen-bond donors (Lipinski definition) is 0. The number of piperidine rings is 1. The normalized spacial score (nSPS) is 15.6. The van der Waals surface area contributed by atoms with Crippen molar-refractivity contribution in [1.82, 2.24) is 24.7 Å². The van der Waals surface area contributed by atoms with Crippen molar-refractivity contribution in [2.24, 2.45) is 0 Å². The van der Waals surface area contributed by atoms with Gasteiger partial charge in [-0.25, -0.2) is 32.2 Å². The van der Waals surface area contributed by atoms with Gasteiger partial charge in [-0.05, 0) is 50.5 Å². The molecule has 1 aliphatic heterocycles. The molecule has 2 aromatic carbocycles. The average molecular weight is 675 g/mol. The Balaban J connectivity index is 1.39. The number of hydrogen-bond acceptors (Lipinski definition) is 9. The average Bonchev–Trinajstić information content (AvgIpc) is 3.74. The van der Waals surface area contributed by atoms with Crippen LogP contribution >= 0.6 is 11.3 Å². The number of amides is 1. The molecule has 1 fully saturated rings. The summed E-state index contributed by atoms with van der Waals surface area (Å²) in [7, 11) is -3.18. The number of thiazole rings is 1. The fourth-order valence-corrected chi connectivity index (χ4v) is 7.73. The van der Waals surface area contributed by atoms with Gasteiger partial charge in [-0.1, -0.05) is 29.4 Å². The molecule has 1 atom stereocenters. The Morgan fingerprint density at radius 3 is 2.51 bits per heavy atom. The van der Waals surface area contributed by atoms with Crippen LogP contribution in [0.1, 0.15) is 48.1 Å². The molecule has 0 bridgehead atoms. The number of fused-ring (bicyclic) bond motifs is 1. The Labute approximate surface area is 272 Å². The second kappa shape index (κ2) is 11.8. The Bertz CT molecular complexity index is 2260. The molecule has 0 N–H and O–H groups in total. The highest BCUT2D eigenvalue weighted by Crippen LogP contribution is 2.40. The van der Waals surface area contributed by atoms with Crippen LogP contribution in [-0.2, 0) is 20.4 Å². The molecule has 14 heteroatoms. The number of carbonyl (C=O) groups excluding carboxylic acids is 1. The van der Waals surface area contributed by atoms with E-state index in [9.17, 15) is 22.0 Å². The van der Waals surface area contributed by atoms with Crippen LogP contribution in [0.2, 0.25) is 0 Å². The van der Waals surface area contributed by atoms with Crippen LogP contribution in [0.5, 0.6) is 0 Å². The Kier molecular flexibility index (Phi) is 7.71. The number of carbonyl (C=O) groups is 1. The molecule has 240 valence electrons. The number of halogens is 2. The van der Waals surface area contributed by atoms with Gasteiger partial charge in [-0.3, -0.25) is 9.36 Å². The van der Waals surface area contributed by atoms with Crippen molar-refractivity contribution in [2.75, 3.05) is 11.2 Å². The van der Waals surface area contributed by atoms with E-state index in [2.05, 4.69) is 10.1 Å². The first-order valence-corrected chi connectivity index (χ1v) is 17.7. The van der Waals surface area contributed by atoms with E-state index in [-0.39, 0.29) is 23.8 Å². The number of rotatable bonds is 7. The Morgan fingerprint density at radius 1 is 1.02 bits per heavy atom. The van der Waals surface area contributed by atoms with Crippen LogP contribution < -0.4 is 4.90 Å². The van der Waals surface area contributed by atoms with Gasteiger partial charge in [0.05, 0.1) is 28.7 Å². The third kappa shape index (κ3) is 5.82. The molecule has 4 aromatic heterocycles. The molecule has 1 saturated heterocycles. The maximum atomic E-state index is 14.4. The van der Waals surface area contributed by atoms with E-state index in [4.69, 9.17) is 14.5 Å². The minimum absolute atomic E-state index is 0.0605. The van der Waals surface area contributed by atoms with Crippen molar-refractivity contribution in [1.29, 1.82) is 0 Å². The lowest BCUT2D eigenvalue weighted by Crippen LogP contribution is -2.39. The first-order valence-electron chi connectivity index (χ1n) is 14.8. The van der Waals surface area contributed by atoms with Gasteiger partial charge in [0.15, 0.2) is 32.3 Å². The molecule has 1 aliphatic rings. The van der Waals surface area contributed by atoms with Gasteiger partial charge in [-0.15, -0.1) is 11.3 Å². The Hall–Kier alpha value is -4.82. The molecule has 0 unspecified atom stereocenters. The molecular weight excluding hydrogens is 647 g/mol. The van der Waals surface area contributed by atoms with Gasteiger partial charge >= 0.3 is 0 Å². The van der Waals surface area contributed by atoms with Gasteiger partial charge in [0.1, 0.15) is 11.6 Å². The second-order valence-corrected chi connectivity index (χ2v) is 14.6. The van der Waals surface area contributed by atoms with Gasteiger partial charge < -0.3 is 9.42 Å². The zero-order valence-corrected chi connectivity index (χ0v) is 27.2. The topological polar surface area (TPSA) is 124 Å². The molecule has 0 radical (unpaired) electrons. The molecule has 0 aliphatic carbocycles. The van der Waals surface area contributed by atoms with E-state index in [1.807, 2.05) is 42.0 Å². The monoisotopic (exact) mass is 674 g/mol. The van der Waals surface area contributed by atoms with Crippen molar-refractivity contribution >= 4 is 43.9 Å². The molecule has 1 amide bonds. The third-order valence-electron chi connectivity index (χ3n) is 8.15. The van der Waals surface area contributed by atoms with Crippen LogP contribution in [0.4, 0.5) is 14.5 Å². The maximum absolute atomic E-state index is 14.4. The number of aryl methyl sites for hydroxylation is 2. The molecular formula is C33H28F2N6O4S2. The standard InChI is InChI=1S/C33H28F2N6O4S2/c1-18-30(19(2)45-39-18)22-13-28-31(36-15-22)38-32(27-5-4-6-29(42)40(27)23-11-12-24(34)25(35)14-23)41(28)33-37-26(16-46-33)21-9-7-20(8-10-21)17-47(3,43)44/h7-16,27H,4-6,17H2,1-3H3/t27-/m0/s1. The minimum Gasteiger partial charge on any atom is -0.361 e. The van der Waals surface area contributed by atoms with E-state index in [0.717, 1.165) is 28.8 Å². The summed E-state index contributed by atoms with van der Waals surface area (Å²) in [4.78, 5) is 29.4. The highest BCUT2D eigenvalue weighted by Gasteiger charge is 2.36. The summed E-state index contributed by atoms with van der Waals surface area (Å²) in [6.45, 7) is 3.67. The van der Waals surface area contributed by atoms with Crippen molar-refractivity contribution < 1.29 is 26.5 Å². The molecule has 7 rings (SSSR count). The van der Waals surface area contributed by atoms with Gasteiger partial charge in [-0.2, -0.15) is 0 Å². The van der Waals surface area contributed by atoms with Crippen LogP contribution in [0, 0.1) is 25.5 Å². The number of pyridine rings is 1. The van der Waals surface area contributed by atoms with Gasteiger partial charge in [0, 0.05) is 52.7 Å². The van der Waals surface area contributed by atoms with E-state index < -0.39 is 27.5 Å². The fraction of sp³-hybridized carbons (Fsp3) is 0.242. The summed E-state index contributed by atoms with van der Waals surface area (Å²) >= 11 is 1.37. The van der Waals surface area contributed by atoms with Crippen LogP contribution in [0.3, 0.4) is 0 Å². The summed E-state index contributed by atoms with van der Waals surface area (Å²) in [6, 6.07) is 11.9. The van der Waals surface area contributed by atoms with Crippen molar-refractivity contribution in [3.8, 4) is 27.5 Å². The zero-order chi connectivity index (χ0) is 33.0. The summed E-state index contributed by atoms with van der Waals surface area (Å²) in [6.07, 6.45) is 4.24. The molecule has 10 nitrogen and oxygen atoms in total. The first kappa shape index (κ1) is 30.8. The van der Waals surface area contributed by atoms with Crippen LogP contribution in [0.15, 0.2) is 64.6 Å². The third-order valence-corrected chi connectivity index (χ3v) is 9.83. The highest BCUT2D eigenvalue weighted by atomic mass is 32.2. The number of nitrogens with zero attached hydrogens (tertiary/aromatic N) is 6. The van der Waals surface area contributed by atoms with Crippen LogP contribution in [-0.4, -0.2) is 45.3 Å². The molecule has 5 heterocycles. The number of sulfone groups is 1. The van der Waals surface area contributed by atoms with Crippen LogP contribution in [0.25, 0.3) is 38.7 Å². The van der Waals surface area contributed by atoms with E-state index >= 15 is 0 Å². The number of anilines is 1. The maximum Gasteiger partial charge on any atom is 0.227 e. The fourth-order valence-electron chi connectivity index (χ4n) is 6.08. The summed E-state index contributed by atoms with van der Waals surface area (Å²) in [5.74, 6) is -1.23. The van der Waals surface area contributed by atoms with Crippen molar-refractivity contribution in [2.45, 2.75) is 44.9 Å². The lowest BCUT2D eigenvalue weighted by Gasteiger charge is -2.35. The van der Waals surface area contributed by atoms with Gasteiger partial charge in [0.2, 0.25) is 5.91 Å². The molecule has 47 heavy (non-hydrogen) atoms. The SMILES string of the molecule is Cc1noc(C)c1-c1cnc2nc([C@@H]3CCCC(=O)N3c3ccc(F)c(F)c3)n(-c3nc(-c4ccc(CS(C)(=O)=O)cc4)cs3)c2c1. The highest BCUT2D eigenvalue weighted by molar-refractivity contribution is 7.89. The molecule has 6 aromatic rings. The molecule has 0 spiro atoms. The molecule has 0 saturated carbocycles. The van der Waals surface area contributed by atoms with E-state index in [1.165, 1.54) is 28.6 Å². The first-order chi connectivity index (χ1) is 22.5. The second-order valence-electron chi connectivity index (χ2n) is 11.6. The largest absolute Gasteiger partial charge is 0.361 e. The van der Waals surface area contributed by atoms with Crippen molar-refractivity contribution in [3.05, 3.63) is 94.6 Å². The van der Waals surface area contributed by atoms with E-state index in [1.54, 1.807) is 18.3 Å². The smallest absolute Gasteiger partial charge is 0.227 e. The quantitative estimate of drug-likeness (QED) is 0.179. The predicted octanol–water partition coefficient (Wildman–Crippen LogP) is 6.90. The number of aromatic nitrogens is 5. The Morgan fingerprint density at radius 2 is 1.81 bits per heavy atom. The van der Waals surface area contributed by atoms with Crippen molar-refractivity contribution in [3.63, 3.8) is 0 Å². The predicted molar refractivity (Wildman–Crippen MR) is 174 cm³/mol. The zero-order valence-electron chi connectivity index (χ0n) is 25.6. The minimum atomic E-state index is -3.18. The van der Waals surface area contributed by atoms with E-state index in [0.29, 0.717) is 57.7 Å². The number of benzene rings is 2. The summed E-state index contributed by atoms with van der Waals surface area (Å²) < 4.78 is 59.1. The summed E-state index contributed by atoms with van der Waals surface area (Å²) in [5, 5.41) is 6.53. The lowest BCUT2D eigenvalue weighted by atomic mass is 9.99. The van der Waals surface area contributed by atoms with Gasteiger partial charge in [0.25, 0.3) is 0 Å². The lowest BCUT2D eigenvalue weighted by molar-refractivity contribution is -0.120.